The number of fused-ring (bicyclic) bond motifs is 1. The predicted molar refractivity (Wildman–Crippen MR) is 125 cm³/mol. The van der Waals surface area contributed by atoms with Gasteiger partial charge in [-0.1, -0.05) is 44.2 Å². The van der Waals surface area contributed by atoms with Crippen LogP contribution in [0.1, 0.15) is 37.1 Å². The molecule has 7 heteroatoms. The highest BCUT2D eigenvalue weighted by Gasteiger charge is 2.21. The van der Waals surface area contributed by atoms with E-state index in [1.165, 1.54) is 6.20 Å². The number of allylic oxidation sites excluding steroid dienone is 6. The zero-order valence-corrected chi connectivity index (χ0v) is 18.4. The first-order chi connectivity index (χ1) is 15.1. The SMILES string of the molecule is CC.CN(C)Cc1ccn2c(-c3nc(N)ncc3C#N)c(C3=CCC=CC=C3)nc2c1. The van der Waals surface area contributed by atoms with Gasteiger partial charge in [0.15, 0.2) is 0 Å². The molecule has 2 N–H and O–H groups in total. The third-order valence-corrected chi connectivity index (χ3v) is 4.61. The second-order valence-electron chi connectivity index (χ2n) is 7.09. The summed E-state index contributed by atoms with van der Waals surface area (Å²) in [6.07, 6.45) is 14.4. The molecule has 0 aromatic carbocycles. The van der Waals surface area contributed by atoms with Crippen LogP contribution in [0.3, 0.4) is 0 Å². The standard InChI is InChI=1S/C22H21N7.C2H6/c1-28(2)14-15-9-10-29-18(11-15)26-19(16-7-5-3-4-6-8-16)21(29)20-17(12-23)13-25-22(24)27-20;1-2/h3-5,7-11,13H,6,14H2,1-2H3,(H2,24,25,27);1-2H3. The van der Waals surface area contributed by atoms with Gasteiger partial charge in [0.05, 0.1) is 17.5 Å². The minimum absolute atomic E-state index is 0.121. The van der Waals surface area contributed by atoms with Crippen LogP contribution in [0.5, 0.6) is 0 Å². The van der Waals surface area contributed by atoms with E-state index < -0.39 is 0 Å². The molecule has 0 amide bonds. The number of pyridine rings is 1. The number of imidazole rings is 1. The van der Waals surface area contributed by atoms with Crippen molar-refractivity contribution in [2.24, 2.45) is 0 Å². The number of nitrogen functional groups attached to an aromatic ring is 1. The first kappa shape index (κ1) is 21.9. The lowest BCUT2D eigenvalue weighted by Gasteiger charge is -2.10. The average molecular weight is 414 g/mol. The molecule has 4 rings (SSSR count). The van der Waals surface area contributed by atoms with Crippen molar-refractivity contribution >= 4 is 17.2 Å². The van der Waals surface area contributed by atoms with E-state index in [2.05, 4.69) is 45.2 Å². The fourth-order valence-corrected chi connectivity index (χ4v) is 3.39. The van der Waals surface area contributed by atoms with Gasteiger partial charge in [-0.05, 0) is 43.8 Å². The van der Waals surface area contributed by atoms with Crippen LogP contribution in [0.4, 0.5) is 5.95 Å². The Morgan fingerprint density at radius 3 is 2.74 bits per heavy atom. The molecule has 0 radical (unpaired) electrons. The number of anilines is 1. The number of nitriles is 1. The summed E-state index contributed by atoms with van der Waals surface area (Å²) in [5.41, 5.74) is 11.1. The fourth-order valence-electron chi connectivity index (χ4n) is 3.39. The van der Waals surface area contributed by atoms with E-state index in [1.54, 1.807) is 0 Å². The fraction of sp³-hybridized carbons (Fsp3) is 0.250. The molecule has 0 aliphatic heterocycles. The van der Waals surface area contributed by atoms with E-state index in [9.17, 15) is 5.26 Å². The Balaban J connectivity index is 0.00000132. The lowest BCUT2D eigenvalue weighted by atomic mass is 10.1. The summed E-state index contributed by atoms with van der Waals surface area (Å²) in [5.74, 6) is 0.121. The Morgan fingerprint density at radius 2 is 2.00 bits per heavy atom. The Bertz CT molecular complexity index is 1210. The highest BCUT2D eigenvalue weighted by molar-refractivity contribution is 5.85. The second-order valence-corrected chi connectivity index (χ2v) is 7.09. The minimum atomic E-state index is 0.121. The Morgan fingerprint density at radius 1 is 1.19 bits per heavy atom. The summed E-state index contributed by atoms with van der Waals surface area (Å²) < 4.78 is 1.96. The van der Waals surface area contributed by atoms with Crippen molar-refractivity contribution in [1.29, 1.82) is 5.26 Å². The molecule has 3 heterocycles. The second kappa shape index (κ2) is 9.83. The lowest BCUT2D eigenvalue weighted by Crippen LogP contribution is -2.10. The monoisotopic (exact) mass is 413 g/mol. The molecule has 1 aliphatic carbocycles. The van der Waals surface area contributed by atoms with Gasteiger partial charge in [0.25, 0.3) is 0 Å². The molecule has 7 nitrogen and oxygen atoms in total. The minimum Gasteiger partial charge on any atom is -0.368 e. The van der Waals surface area contributed by atoms with Crippen LogP contribution in [0.15, 0.2) is 54.9 Å². The molecule has 0 bridgehead atoms. The Hall–Kier alpha value is -3.76. The smallest absolute Gasteiger partial charge is 0.220 e. The van der Waals surface area contributed by atoms with Crippen LogP contribution in [0.2, 0.25) is 0 Å². The van der Waals surface area contributed by atoms with Crippen LogP contribution >= 0.6 is 0 Å². The van der Waals surface area contributed by atoms with Crippen molar-refractivity contribution in [2.45, 2.75) is 26.8 Å². The number of hydrogen-bond donors (Lipinski definition) is 1. The van der Waals surface area contributed by atoms with E-state index in [4.69, 9.17) is 10.7 Å². The van der Waals surface area contributed by atoms with Crippen molar-refractivity contribution < 1.29 is 0 Å². The number of hydrogen-bond acceptors (Lipinski definition) is 6. The number of rotatable bonds is 4. The zero-order chi connectivity index (χ0) is 22.4. The number of nitrogens with zero attached hydrogens (tertiary/aromatic N) is 6. The van der Waals surface area contributed by atoms with Gasteiger partial charge in [-0.2, -0.15) is 5.26 Å². The molecule has 0 saturated heterocycles. The lowest BCUT2D eigenvalue weighted by molar-refractivity contribution is 0.402. The molecule has 0 fully saturated rings. The van der Waals surface area contributed by atoms with E-state index in [1.807, 2.05) is 56.8 Å². The summed E-state index contributed by atoms with van der Waals surface area (Å²) in [4.78, 5) is 15.4. The highest BCUT2D eigenvalue weighted by atomic mass is 15.1. The van der Waals surface area contributed by atoms with E-state index in [0.29, 0.717) is 11.3 Å². The maximum absolute atomic E-state index is 9.63. The quantitative estimate of drug-likeness (QED) is 0.687. The maximum atomic E-state index is 9.63. The summed E-state index contributed by atoms with van der Waals surface area (Å²) in [5, 5.41) is 9.63. The Kier molecular flexibility index (Phi) is 6.96. The molecule has 31 heavy (non-hydrogen) atoms. The molecule has 0 unspecified atom stereocenters. The first-order valence-electron chi connectivity index (χ1n) is 10.3. The molecule has 0 spiro atoms. The first-order valence-corrected chi connectivity index (χ1v) is 10.3. The van der Waals surface area contributed by atoms with Crippen molar-refractivity contribution in [1.82, 2.24) is 24.3 Å². The van der Waals surface area contributed by atoms with Crippen molar-refractivity contribution in [3.63, 3.8) is 0 Å². The largest absolute Gasteiger partial charge is 0.368 e. The molecule has 158 valence electrons. The van der Waals surface area contributed by atoms with E-state index >= 15 is 0 Å². The summed E-state index contributed by atoms with van der Waals surface area (Å²) in [7, 11) is 4.06. The van der Waals surface area contributed by atoms with Gasteiger partial charge in [-0.15, -0.1) is 0 Å². The van der Waals surface area contributed by atoms with Gasteiger partial charge in [-0.25, -0.2) is 15.0 Å². The molecule has 1 aliphatic rings. The third-order valence-electron chi connectivity index (χ3n) is 4.61. The summed E-state index contributed by atoms with van der Waals surface area (Å²) in [6.45, 7) is 4.81. The van der Waals surface area contributed by atoms with E-state index in [0.717, 1.165) is 41.1 Å². The molecule has 3 aromatic rings. The maximum Gasteiger partial charge on any atom is 0.220 e. The van der Waals surface area contributed by atoms with Crippen LogP contribution in [-0.2, 0) is 6.54 Å². The molecule has 0 saturated carbocycles. The average Bonchev–Trinajstić information content (AvgIpc) is 2.93. The van der Waals surface area contributed by atoms with Crippen LogP contribution < -0.4 is 5.73 Å². The third kappa shape index (κ3) is 4.71. The van der Waals surface area contributed by atoms with Crippen LogP contribution in [-0.4, -0.2) is 38.3 Å². The topological polar surface area (TPSA) is 96.1 Å². The van der Waals surface area contributed by atoms with Crippen LogP contribution in [0.25, 0.3) is 22.6 Å². The van der Waals surface area contributed by atoms with Gasteiger partial charge in [0.2, 0.25) is 5.95 Å². The van der Waals surface area contributed by atoms with Gasteiger partial charge in [-0.3, -0.25) is 4.40 Å². The highest BCUT2D eigenvalue weighted by Crippen LogP contribution is 2.32. The van der Waals surface area contributed by atoms with Gasteiger partial charge >= 0.3 is 0 Å². The molecular formula is C24H27N7. The normalized spacial score (nSPS) is 12.8. The van der Waals surface area contributed by atoms with Crippen molar-refractivity contribution in [3.8, 4) is 17.5 Å². The van der Waals surface area contributed by atoms with Crippen molar-refractivity contribution in [3.05, 3.63) is 71.7 Å². The van der Waals surface area contributed by atoms with Gasteiger partial charge in [0, 0.05) is 12.7 Å². The van der Waals surface area contributed by atoms with Crippen LogP contribution in [0, 0.1) is 11.3 Å². The number of aromatic nitrogens is 4. The van der Waals surface area contributed by atoms with Gasteiger partial charge in [0.1, 0.15) is 23.1 Å². The molecule has 3 aromatic heterocycles. The van der Waals surface area contributed by atoms with Crippen molar-refractivity contribution in [2.75, 3.05) is 19.8 Å². The van der Waals surface area contributed by atoms with E-state index in [-0.39, 0.29) is 5.95 Å². The molecule has 0 atom stereocenters. The number of nitrogens with two attached hydrogens (primary N) is 1. The van der Waals surface area contributed by atoms with Gasteiger partial charge < -0.3 is 10.6 Å². The zero-order valence-electron chi connectivity index (χ0n) is 18.4. The molecular weight excluding hydrogens is 386 g/mol. The summed E-state index contributed by atoms with van der Waals surface area (Å²) in [6, 6.07) is 6.29. The predicted octanol–water partition coefficient (Wildman–Crippen LogP) is 4.23. The summed E-state index contributed by atoms with van der Waals surface area (Å²) >= 11 is 0. The Labute approximate surface area is 182 Å².